The van der Waals surface area contributed by atoms with E-state index >= 15 is 0 Å². The summed E-state index contributed by atoms with van der Waals surface area (Å²) < 4.78 is 7.62. The van der Waals surface area contributed by atoms with Crippen LogP contribution in [0.3, 0.4) is 0 Å². The topological polar surface area (TPSA) is 39.1 Å². The van der Waals surface area contributed by atoms with Gasteiger partial charge in [-0.1, -0.05) is 18.5 Å². The van der Waals surface area contributed by atoms with Crippen molar-refractivity contribution >= 4 is 11.6 Å². The third-order valence-electron chi connectivity index (χ3n) is 3.76. The van der Waals surface area contributed by atoms with Crippen molar-refractivity contribution in [2.24, 2.45) is 7.05 Å². The quantitative estimate of drug-likeness (QED) is 0.924. The molecular weight excluding hydrogens is 262 g/mol. The summed E-state index contributed by atoms with van der Waals surface area (Å²) in [6.45, 7) is 7.96. The van der Waals surface area contributed by atoms with Crippen LogP contribution in [0.5, 0.6) is 0 Å². The summed E-state index contributed by atoms with van der Waals surface area (Å²) in [4.78, 5) is 0. The molecule has 19 heavy (non-hydrogen) atoms. The van der Waals surface area contributed by atoms with Gasteiger partial charge in [0.1, 0.15) is 0 Å². The number of ether oxygens (including phenoxy) is 1. The summed E-state index contributed by atoms with van der Waals surface area (Å²) in [5, 5.41) is 8.84. The Labute approximate surface area is 120 Å². The van der Waals surface area contributed by atoms with E-state index in [0.717, 1.165) is 48.8 Å². The lowest BCUT2D eigenvalue weighted by Crippen LogP contribution is -2.43. The van der Waals surface area contributed by atoms with Gasteiger partial charge in [0.05, 0.1) is 22.0 Å². The van der Waals surface area contributed by atoms with Crippen molar-refractivity contribution in [1.82, 2.24) is 15.1 Å². The molecule has 0 radical (unpaired) electrons. The molecule has 2 rings (SSSR count). The van der Waals surface area contributed by atoms with Gasteiger partial charge >= 0.3 is 0 Å². The molecule has 1 N–H and O–H groups in total. The molecule has 0 spiro atoms. The molecule has 0 amide bonds. The fourth-order valence-corrected chi connectivity index (χ4v) is 3.02. The number of aryl methyl sites for hydroxylation is 2. The van der Waals surface area contributed by atoms with Gasteiger partial charge in [0.25, 0.3) is 0 Å². The number of nitrogens with one attached hydrogen (secondary N) is 1. The molecule has 1 aliphatic rings. The van der Waals surface area contributed by atoms with E-state index in [2.05, 4.69) is 31.2 Å². The van der Waals surface area contributed by atoms with Gasteiger partial charge in [-0.3, -0.25) is 4.68 Å². The lowest BCUT2D eigenvalue weighted by atomic mass is 9.94. The smallest absolute Gasteiger partial charge is 0.0863 e. The molecule has 1 aliphatic heterocycles. The summed E-state index contributed by atoms with van der Waals surface area (Å²) in [5.41, 5.74) is 2.02. The maximum absolute atomic E-state index is 6.36. The maximum atomic E-state index is 6.36. The van der Waals surface area contributed by atoms with Crippen LogP contribution in [-0.2, 0) is 24.8 Å². The summed E-state index contributed by atoms with van der Waals surface area (Å²) >= 11 is 6.36. The van der Waals surface area contributed by atoms with Crippen molar-refractivity contribution in [2.45, 2.75) is 58.2 Å². The maximum Gasteiger partial charge on any atom is 0.0863 e. The van der Waals surface area contributed by atoms with Gasteiger partial charge < -0.3 is 10.1 Å². The first-order valence-corrected chi connectivity index (χ1v) is 7.38. The van der Waals surface area contributed by atoms with Crippen molar-refractivity contribution in [2.75, 3.05) is 6.61 Å². The zero-order valence-corrected chi connectivity index (χ0v) is 13.0. The minimum atomic E-state index is -0.0270. The Morgan fingerprint density at radius 2 is 2.26 bits per heavy atom. The highest BCUT2D eigenvalue weighted by Gasteiger charge is 2.28. The molecule has 108 valence electrons. The Balaban J connectivity index is 1.97. The van der Waals surface area contributed by atoms with Crippen LogP contribution in [0.15, 0.2) is 0 Å². The van der Waals surface area contributed by atoms with Gasteiger partial charge in [0.15, 0.2) is 0 Å². The molecule has 1 aromatic rings. The number of rotatable bonds is 4. The first-order chi connectivity index (χ1) is 8.93. The van der Waals surface area contributed by atoms with Crippen molar-refractivity contribution in [3.8, 4) is 0 Å². The third kappa shape index (κ3) is 3.50. The van der Waals surface area contributed by atoms with Gasteiger partial charge in [0, 0.05) is 26.2 Å². The highest BCUT2D eigenvalue weighted by Crippen LogP contribution is 2.25. The van der Waals surface area contributed by atoms with E-state index in [4.69, 9.17) is 16.3 Å². The predicted octanol–water partition coefficient (Wildman–Crippen LogP) is 2.68. The van der Waals surface area contributed by atoms with E-state index in [1.807, 2.05) is 11.7 Å². The summed E-state index contributed by atoms with van der Waals surface area (Å²) in [6.07, 6.45) is 2.96. The van der Waals surface area contributed by atoms with Gasteiger partial charge in [-0.25, -0.2) is 0 Å². The minimum absolute atomic E-state index is 0.0270. The SMILES string of the molecule is CCc1nn(C)c(CNC2CCOC(C)(C)C2)c1Cl. The second-order valence-corrected chi connectivity index (χ2v) is 6.24. The molecule has 5 heteroatoms. The van der Waals surface area contributed by atoms with Gasteiger partial charge in [0.2, 0.25) is 0 Å². The molecule has 1 saturated heterocycles. The van der Waals surface area contributed by atoms with E-state index < -0.39 is 0 Å². The van der Waals surface area contributed by atoms with E-state index in [-0.39, 0.29) is 5.60 Å². The Kier molecular flexibility index (Phi) is 4.54. The van der Waals surface area contributed by atoms with Gasteiger partial charge in [-0.05, 0) is 33.1 Å². The van der Waals surface area contributed by atoms with E-state index in [9.17, 15) is 0 Å². The predicted molar refractivity (Wildman–Crippen MR) is 77.5 cm³/mol. The van der Waals surface area contributed by atoms with Crippen molar-refractivity contribution in [3.05, 3.63) is 16.4 Å². The average Bonchev–Trinajstić information content (AvgIpc) is 2.61. The minimum Gasteiger partial charge on any atom is -0.375 e. The van der Waals surface area contributed by atoms with E-state index in [1.54, 1.807) is 0 Å². The lowest BCUT2D eigenvalue weighted by Gasteiger charge is -2.36. The highest BCUT2D eigenvalue weighted by molar-refractivity contribution is 6.31. The molecular formula is C14H24ClN3O. The lowest BCUT2D eigenvalue weighted by molar-refractivity contribution is -0.0631. The van der Waals surface area contributed by atoms with Crippen LogP contribution in [0.2, 0.25) is 5.02 Å². The number of nitrogens with zero attached hydrogens (tertiary/aromatic N) is 2. The van der Waals surface area contributed by atoms with Crippen molar-refractivity contribution in [1.29, 1.82) is 0 Å². The summed E-state index contributed by atoms with van der Waals surface area (Å²) in [6, 6.07) is 0.486. The molecule has 0 aliphatic carbocycles. The van der Waals surface area contributed by atoms with Gasteiger partial charge in [-0.15, -0.1) is 0 Å². The van der Waals surface area contributed by atoms with Gasteiger partial charge in [-0.2, -0.15) is 5.10 Å². The highest BCUT2D eigenvalue weighted by atomic mass is 35.5. The largest absolute Gasteiger partial charge is 0.375 e. The fourth-order valence-electron chi connectivity index (χ4n) is 2.66. The normalized spacial score (nSPS) is 22.7. The third-order valence-corrected chi connectivity index (χ3v) is 4.19. The van der Waals surface area contributed by atoms with Crippen molar-refractivity contribution in [3.63, 3.8) is 0 Å². The zero-order valence-electron chi connectivity index (χ0n) is 12.3. The van der Waals surface area contributed by atoms with Crippen LogP contribution < -0.4 is 5.32 Å². The molecule has 0 saturated carbocycles. The van der Waals surface area contributed by atoms with Crippen molar-refractivity contribution < 1.29 is 4.74 Å². The van der Waals surface area contributed by atoms with Crippen LogP contribution in [0, 0.1) is 0 Å². The fraction of sp³-hybridized carbons (Fsp3) is 0.786. The Bertz CT molecular complexity index is 442. The average molecular weight is 286 g/mol. The number of hydrogen-bond acceptors (Lipinski definition) is 3. The zero-order chi connectivity index (χ0) is 14.0. The first-order valence-electron chi connectivity index (χ1n) is 7.00. The number of halogens is 1. The molecule has 0 aromatic carbocycles. The molecule has 2 heterocycles. The first kappa shape index (κ1) is 14.8. The number of aromatic nitrogens is 2. The monoisotopic (exact) mass is 285 g/mol. The van der Waals surface area contributed by atoms with Crippen LogP contribution in [0.1, 0.15) is 45.0 Å². The second-order valence-electron chi connectivity index (χ2n) is 5.86. The van der Waals surface area contributed by atoms with Crippen LogP contribution in [0.4, 0.5) is 0 Å². The van der Waals surface area contributed by atoms with E-state index in [1.165, 1.54) is 0 Å². The molecule has 0 bridgehead atoms. The van der Waals surface area contributed by atoms with Crippen LogP contribution >= 0.6 is 11.6 Å². The Morgan fingerprint density at radius 1 is 1.53 bits per heavy atom. The van der Waals surface area contributed by atoms with E-state index in [0.29, 0.717) is 6.04 Å². The number of hydrogen-bond donors (Lipinski definition) is 1. The molecule has 1 atom stereocenters. The Morgan fingerprint density at radius 3 is 2.84 bits per heavy atom. The summed E-state index contributed by atoms with van der Waals surface area (Å²) in [5.74, 6) is 0. The molecule has 4 nitrogen and oxygen atoms in total. The standard InChI is InChI=1S/C14H24ClN3O/c1-5-11-13(15)12(18(4)17-11)9-16-10-6-7-19-14(2,3)8-10/h10,16H,5-9H2,1-4H3. The molecule has 1 fully saturated rings. The Hall–Kier alpha value is -0.580. The molecule has 1 aromatic heterocycles. The molecule has 1 unspecified atom stereocenters. The van der Waals surface area contributed by atoms with Crippen LogP contribution in [0.25, 0.3) is 0 Å². The van der Waals surface area contributed by atoms with Crippen LogP contribution in [-0.4, -0.2) is 28.0 Å². The second kappa shape index (κ2) is 5.81. The summed E-state index contributed by atoms with van der Waals surface area (Å²) in [7, 11) is 1.95.